The summed E-state index contributed by atoms with van der Waals surface area (Å²) >= 11 is 0. The molecule has 2 aromatic heterocycles. The minimum absolute atomic E-state index is 0.0167. The molecule has 0 spiro atoms. The number of amides is 1. The molecule has 0 atom stereocenters. The molecule has 8 heteroatoms. The van der Waals surface area contributed by atoms with Crippen molar-refractivity contribution >= 4 is 16.8 Å². The van der Waals surface area contributed by atoms with Crippen LogP contribution in [0.25, 0.3) is 22.0 Å². The van der Waals surface area contributed by atoms with E-state index >= 15 is 0 Å². The molecule has 6 nitrogen and oxygen atoms in total. The molecule has 4 rings (SSSR count). The van der Waals surface area contributed by atoms with Gasteiger partial charge in [0, 0.05) is 61.9 Å². The predicted molar refractivity (Wildman–Crippen MR) is 111 cm³/mol. The summed E-state index contributed by atoms with van der Waals surface area (Å²) in [6.07, 6.45) is 3.34. The van der Waals surface area contributed by atoms with Crippen LogP contribution in [0.2, 0.25) is 0 Å². The Balaban J connectivity index is 1.57. The van der Waals surface area contributed by atoms with Crippen LogP contribution < -0.4 is 5.32 Å². The van der Waals surface area contributed by atoms with Gasteiger partial charge in [-0.2, -0.15) is 5.10 Å². The third kappa shape index (κ3) is 4.48. The van der Waals surface area contributed by atoms with Gasteiger partial charge in [0.1, 0.15) is 0 Å². The van der Waals surface area contributed by atoms with Crippen LogP contribution in [0.15, 0.2) is 36.7 Å². The number of aromatic amines is 1. The minimum Gasteiger partial charge on any atom is -0.348 e. The van der Waals surface area contributed by atoms with E-state index < -0.39 is 5.92 Å². The molecule has 0 radical (unpaired) electrons. The lowest BCUT2D eigenvalue weighted by Crippen LogP contribution is -2.38. The number of likely N-dealkylation sites (tertiary alicyclic amines) is 1. The van der Waals surface area contributed by atoms with E-state index in [4.69, 9.17) is 0 Å². The van der Waals surface area contributed by atoms with Crippen molar-refractivity contribution in [2.75, 3.05) is 13.1 Å². The summed E-state index contributed by atoms with van der Waals surface area (Å²) in [5.41, 5.74) is 3.95. The second-order valence-corrected chi connectivity index (χ2v) is 8.17. The van der Waals surface area contributed by atoms with E-state index in [-0.39, 0.29) is 24.8 Å². The average Bonchev–Trinajstić information content (AvgIpc) is 3.13. The first kappa shape index (κ1) is 20.4. The minimum atomic E-state index is -2.55. The summed E-state index contributed by atoms with van der Waals surface area (Å²) in [5, 5.41) is 10.7. The molecule has 1 aromatic carbocycles. The van der Waals surface area contributed by atoms with E-state index in [9.17, 15) is 13.6 Å². The zero-order valence-electron chi connectivity index (χ0n) is 17.1. The average molecular weight is 413 g/mol. The van der Waals surface area contributed by atoms with Crippen LogP contribution in [0, 0.1) is 0 Å². The molecule has 3 aromatic rings. The van der Waals surface area contributed by atoms with E-state index in [0.29, 0.717) is 25.3 Å². The third-order valence-electron chi connectivity index (χ3n) is 5.32. The Bertz CT molecular complexity index is 1050. The maximum atomic E-state index is 13.4. The van der Waals surface area contributed by atoms with Crippen LogP contribution in [-0.2, 0) is 6.54 Å². The second-order valence-electron chi connectivity index (χ2n) is 8.17. The van der Waals surface area contributed by atoms with Crippen LogP contribution in [-0.4, -0.2) is 51.0 Å². The largest absolute Gasteiger partial charge is 0.348 e. The molecule has 158 valence electrons. The van der Waals surface area contributed by atoms with Crippen molar-refractivity contribution in [1.82, 2.24) is 25.4 Å². The van der Waals surface area contributed by atoms with Gasteiger partial charge < -0.3 is 5.32 Å². The Kier molecular flexibility index (Phi) is 5.51. The molecule has 30 heavy (non-hydrogen) atoms. The van der Waals surface area contributed by atoms with E-state index in [2.05, 4.69) is 20.5 Å². The maximum absolute atomic E-state index is 13.4. The summed E-state index contributed by atoms with van der Waals surface area (Å²) in [5.74, 6) is -2.77. The number of hydrogen-bond acceptors (Lipinski definition) is 4. The lowest BCUT2D eigenvalue weighted by molar-refractivity contribution is -0.0566. The number of alkyl halides is 2. The Morgan fingerprint density at radius 1 is 1.20 bits per heavy atom. The molecule has 0 saturated carbocycles. The van der Waals surface area contributed by atoms with Gasteiger partial charge in [-0.05, 0) is 43.2 Å². The van der Waals surface area contributed by atoms with Gasteiger partial charge in [0.15, 0.2) is 5.69 Å². The molecular formula is C22H25F2N5O. The van der Waals surface area contributed by atoms with E-state index in [1.54, 1.807) is 12.4 Å². The summed E-state index contributed by atoms with van der Waals surface area (Å²) in [7, 11) is 0. The van der Waals surface area contributed by atoms with E-state index in [1.807, 2.05) is 43.0 Å². The number of fused-ring (bicyclic) bond motifs is 1. The molecule has 3 heterocycles. The van der Waals surface area contributed by atoms with Crippen LogP contribution in [0.4, 0.5) is 8.78 Å². The normalized spacial score (nSPS) is 16.8. The van der Waals surface area contributed by atoms with Crippen molar-refractivity contribution < 1.29 is 13.6 Å². The lowest BCUT2D eigenvalue weighted by Gasteiger charge is -2.31. The Hall–Kier alpha value is -2.87. The highest BCUT2D eigenvalue weighted by Gasteiger charge is 2.33. The van der Waals surface area contributed by atoms with Crippen LogP contribution >= 0.6 is 0 Å². The standard InChI is InChI=1S/C22H25F2N5O/c1-14(2)26-21(30)20-18-10-16(3-4-19(18)27-28-20)17-9-15(11-25-12-17)13-29-7-5-22(23,24)6-8-29/h3-4,9-12,14H,5-8,13H2,1-2H3,(H,26,30)(H,27,28). The summed E-state index contributed by atoms with van der Waals surface area (Å²) in [6, 6.07) is 7.81. The Morgan fingerprint density at radius 2 is 1.97 bits per heavy atom. The van der Waals surface area contributed by atoms with Crippen LogP contribution in [0.3, 0.4) is 0 Å². The SMILES string of the molecule is CC(C)NC(=O)c1n[nH]c2ccc(-c3cncc(CN4CCC(F)(F)CC4)c3)cc12. The molecule has 1 aliphatic rings. The number of H-pyrrole nitrogens is 1. The smallest absolute Gasteiger partial charge is 0.272 e. The third-order valence-corrected chi connectivity index (χ3v) is 5.32. The van der Waals surface area contributed by atoms with E-state index in [0.717, 1.165) is 27.6 Å². The first-order valence-corrected chi connectivity index (χ1v) is 10.1. The molecule has 1 fully saturated rings. The number of nitrogens with one attached hydrogen (secondary N) is 2. The molecule has 1 amide bonds. The molecule has 0 aliphatic carbocycles. The summed E-state index contributed by atoms with van der Waals surface area (Å²) < 4.78 is 26.8. The Morgan fingerprint density at radius 3 is 2.70 bits per heavy atom. The monoisotopic (exact) mass is 413 g/mol. The summed E-state index contributed by atoms with van der Waals surface area (Å²) in [4.78, 5) is 18.8. The quantitative estimate of drug-likeness (QED) is 0.663. The van der Waals surface area contributed by atoms with Crippen LogP contribution in [0.5, 0.6) is 0 Å². The van der Waals surface area contributed by atoms with Gasteiger partial charge in [-0.3, -0.25) is 19.8 Å². The number of aromatic nitrogens is 3. The van der Waals surface area contributed by atoms with Crippen molar-refractivity contribution in [2.45, 2.75) is 45.2 Å². The second kappa shape index (κ2) is 8.10. The van der Waals surface area contributed by atoms with Gasteiger partial charge in [-0.25, -0.2) is 8.78 Å². The van der Waals surface area contributed by atoms with Gasteiger partial charge in [0.2, 0.25) is 0 Å². The number of halogens is 2. The molecular weight excluding hydrogens is 388 g/mol. The summed E-state index contributed by atoms with van der Waals surface area (Å²) in [6.45, 7) is 5.16. The topological polar surface area (TPSA) is 73.9 Å². The number of hydrogen-bond donors (Lipinski definition) is 2. The van der Waals surface area contributed by atoms with Crippen molar-refractivity contribution in [3.05, 3.63) is 47.9 Å². The van der Waals surface area contributed by atoms with E-state index in [1.165, 1.54) is 0 Å². The number of carbonyl (C=O) groups excluding carboxylic acids is 1. The number of carbonyl (C=O) groups is 1. The fraction of sp³-hybridized carbons (Fsp3) is 0.409. The van der Waals surface area contributed by atoms with Crippen LogP contribution in [0.1, 0.15) is 42.7 Å². The van der Waals surface area contributed by atoms with Gasteiger partial charge in [0.25, 0.3) is 11.8 Å². The Labute approximate surface area is 173 Å². The molecule has 2 N–H and O–H groups in total. The number of piperidine rings is 1. The zero-order chi connectivity index (χ0) is 21.3. The van der Waals surface area contributed by atoms with Crippen molar-refractivity contribution in [3.8, 4) is 11.1 Å². The highest BCUT2D eigenvalue weighted by atomic mass is 19.3. The lowest BCUT2D eigenvalue weighted by atomic mass is 10.0. The molecule has 1 aliphatic heterocycles. The predicted octanol–water partition coefficient (Wildman–Crippen LogP) is 3.99. The van der Waals surface area contributed by atoms with Gasteiger partial charge in [0.05, 0.1) is 5.52 Å². The fourth-order valence-corrected chi connectivity index (χ4v) is 3.73. The molecule has 1 saturated heterocycles. The first-order chi connectivity index (χ1) is 14.3. The number of nitrogens with zero attached hydrogens (tertiary/aromatic N) is 3. The highest BCUT2D eigenvalue weighted by molar-refractivity contribution is 6.05. The van der Waals surface area contributed by atoms with Gasteiger partial charge in [-0.1, -0.05) is 6.07 Å². The fourth-order valence-electron chi connectivity index (χ4n) is 3.73. The highest BCUT2D eigenvalue weighted by Crippen LogP contribution is 2.29. The number of pyridine rings is 1. The van der Waals surface area contributed by atoms with Crippen molar-refractivity contribution in [3.63, 3.8) is 0 Å². The van der Waals surface area contributed by atoms with Gasteiger partial charge in [-0.15, -0.1) is 0 Å². The van der Waals surface area contributed by atoms with Gasteiger partial charge >= 0.3 is 0 Å². The number of benzene rings is 1. The van der Waals surface area contributed by atoms with Crippen molar-refractivity contribution in [1.29, 1.82) is 0 Å². The molecule has 0 bridgehead atoms. The maximum Gasteiger partial charge on any atom is 0.272 e. The first-order valence-electron chi connectivity index (χ1n) is 10.1. The zero-order valence-corrected chi connectivity index (χ0v) is 17.1. The number of rotatable bonds is 5. The molecule has 0 unspecified atom stereocenters. The van der Waals surface area contributed by atoms with Crippen molar-refractivity contribution in [2.24, 2.45) is 0 Å².